The average Bonchev–Trinajstić information content (AvgIpc) is 2.85. The normalized spacial score (nSPS) is 13.2. The summed E-state index contributed by atoms with van der Waals surface area (Å²) in [7, 11) is 0. The Morgan fingerprint density at radius 3 is 2.44 bits per heavy atom. The number of hydrogen-bond donors (Lipinski definition) is 0. The molecule has 0 fully saturated rings. The van der Waals surface area contributed by atoms with E-state index in [1.807, 2.05) is 39.0 Å². The summed E-state index contributed by atoms with van der Waals surface area (Å²) in [6.07, 6.45) is 0.717. The molecule has 0 unspecified atom stereocenters. The van der Waals surface area contributed by atoms with Crippen LogP contribution in [-0.4, -0.2) is 24.4 Å². The van der Waals surface area contributed by atoms with Gasteiger partial charge in [0.25, 0.3) is 11.8 Å². The van der Waals surface area contributed by atoms with Gasteiger partial charge in [0.05, 0.1) is 29.0 Å². The monoisotopic (exact) mass is 337 g/mol. The number of esters is 1. The molecule has 128 valence electrons. The first kappa shape index (κ1) is 16.9. The van der Waals surface area contributed by atoms with Crippen molar-refractivity contribution in [2.45, 2.75) is 27.2 Å². The molecule has 0 atom stereocenters. The van der Waals surface area contributed by atoms with E-state index in [2.05, 4.69) is 0 Å². The fraction of sp³-hybridized carbons (Fsp3) is 0.250. The zero-order valence-corrected chi connectivity index (χ0v) is 14.5. The molecule has 1 heterocycles. The Balaban J connectivity index is 1.99. The van der Waals surface area contributed by atoms with Gasteiger partial charge in [0.15, 0.2) is 0 Å². The molecule has 3 rings (SSSR count). The van der Waals surface area contributed by atoms with Gasteiger partial charge in [-0.15, -0.1) is 0 Å². The third-order valence-corrected chi connectivity index (χ3v) is 4.17. The highest BCUT2D eigenvalue weighted by molar-refractivity contribution is 6.35. The molecule has 0 saturated carbocycles. The lowest BCUT2D eigenvalue weighted by atomic mass is 10.1. The standard InChI is InChI=1S/C20H19NO4/c1-4-9-25-20(24)14-7-8-15-16(11-14)19(23)21(18(15)22)17-10-12(2)5-6-13(17)3/h5-8,10-11H,4,9H2,1-3H3. The number of carbonyl (C=O) groups is 3. The summed E-state index contributed by atoms with van der Waals surface area (Å²) in [5, 5.41) is 0. The molecule has 0 bridgehead atoms. The van der Waals surface area contributed by atoms with Crippen LogP contribution < -0.4 is 4.90 Å². The number of nitrogens with zero attached hydrogens (tertiary/aromatic N) is 1. The number of carbonyl (C=O) groups excluding carboxylic acids is 3. The van der Waals surface area contributed by atoms with Crippen molar-refractivity contribution in [3.8, 4) is 0 Å². The Morgan fingerprint density at radius 2 is 1.72 bits per heavy atom. The van der Waals surface area contributed by atoms with Crippen molar-refractivity contribution in [1.29, 1.82) is 0 Å². The molecule has 2 aromatic rings. The van der Waals surface area contributed by atoms with E-state index in [1.165, 1.54) is 23.1 Å². The van der Waals surface area contributed by atoms with E-state index >= 15 is 0 Å². The maximum atomic E-state index is 12.8. The third kappa shape index (κ3) is 2.93. The molecule has 0 N–H and O–H groups in total. The maximum Gasteiger partial charge on any atom is 0.338 e. The van der Waals surface area contributed by atoms with Gasteiger partial charge in [0, 0.05) is 0 Å². The highest BCUT2D eigenvalue weighted by Gasteiger charge is 2.37. The molecule has 1 aliphatic heterocycles. The van der Waals surface area contributed by atoms with Gasteiger partial charge in [0.1, 0.15) is 0 Å². The number of anilines is 1. The Morgan fingerprint density at radius 1 is 1.00 bits per heavy atom. The van der Waals surface area contributed by atoms with E-state index in [1.54, 1.807) is 0 Å². The van der Waals surface area contributed by atoms with Crippen molar-refractivity contribution in [2.75, 3.05) is 11.5 Å². The van der Waals surface area contributed by atoms with Crippen LogP contribution in [0, 0.1) is 13.8 Å². The third-order valence-electron chi connectivity index (χ3n) is 4.17. The Bertz CT molecular complexity index is 885. The lowest BCUT2D eigenvalue weighted by Gasteiger charge is -2.17. The van der Waals surface area contributed by atoms with Crippen LogP contribution in [0.1, 0.15) is 55.5 Å². The summed E-state index contributed by atoms with van der Waals surface area (Å²) in [6, 6.07) is 10.1. The highest BCUT2D eigenvalue weighted by atomic mass is 16.5. The van der Waals surface area contributed by atoms with Gasteiger partial charge in [-0.1, -0.05) is 19.1 Å². The van der Waals surface area contributed by atoms with E-state index < -0.39 is 11.9 Å². The zero-order valence-electron chi connectivity index (χ0n) is 14.5. The van der Waals surface area contributed by atoms with Gasteiger partial charge in [0.2, 0.25) is 0 Å². The quantitative estimate of drug-likeness (QED) is 0.631. The van der Waals surface area contributed by atoms with Crippen LogP contribution in [0.2, 0.25) is 0 Å². The summed E-state index contributed by atoms with van der Waals surface area (Å²) >= 11 is 0. The highest BCUT2D eigenvalue weighted by Crippen LogP contribution is 2.31. The molecule has 0 radical (unpaired) electrons. The minimum absolute atomic E-state index is 0.233. The summed E-state index contributed by atoms with van der Waals surface area (Å²) in [4.78, 5) is 38.7. The zero-order chi connectivity index (χ0) is 18.1. The first-order valence-corrected chi connectivity index (χ1v) is 8.21. The van der Waals surface area contributed by atoms with E-state index in [0.29, 0.717) is 24.3 Å². The molecule has 0 spiro atoms. The minimum Gasteiger partial charge on any atom is -0.462 e. The molecule has 0 aliphatic carbocycles. The van der Waals surface area contributed by atoms with E-state index in [9.17, 15) is 14.4 Å². The van der Waals surface area contributed by atoms with E-state index in [-0.39, 0.29) is 17.0 Å². The number of ether oxygens (including phenoxy) is 1. The second kappa shape index (κ2) is 6.51. The topological polar surface area (TPSA) is 63.7 Å². The van der Waals surface area contributed by atoms with Crippen LogP contribution in [-0.2, 0) is 4.74 Å². The van der Waals surface area contributed by atoms with Gasteiger partial charge < -0.3 is 4.74 Å². The molecule has 0 saturated heterocycles. The molecule has 25 heavy (non-hydrogen) atoms. The number of aryl methyl sites for hydroxylation is 2. The van der Waals surface area contributed by atoms with Crippen molar-refractivity contribution in [1.82, 2.24) is 0 Å². The molecule has 5 heteroatoms. The Kier molecular flexibility index (Phi) is 4.40. The molecular formula is C20H19NO4. The van der Waals surface area contributed by atoms with Crippen LogP contribution in [0.4, 0.5) is 5.69 Å². The van der Waals surface area contributed by atoms with Gasteiger partial charge in [-0.25, -0.2) is 9.69 Å². The van der Waals surface area contributed by atoms with Crippen molar-refractivity contribution in [3.63, 3.8) is 0 Å². The Labute approximate surface area is 146 Å². The largest absolute Gasteiger partial charge is 0.462 e. The first-order valence-electron chi connectivity index (χ1n) is 8.21. The van der Waals surface area contributed by atoms with Gasteiger partial charge in [-0.05, 0) is 55.7 Å². The summed E-state index contributed by atoms with van der Waals surface area (Å²) in [5.41, 5.74) is 3.18. The molecule has 2 amide bonds. The van der Waals surface area contributed by atoms with E-state index in [4.69, 9.17) is 4.74 Å². The van der Waals surface area contributed by atoms with Crippen LogP contribution in [0.5, 0.6) is 0 Å². The maximum absolute atomic E-state index is 12.8. The van der Waals surface area contributed by atoms with E-state index in [0.717, 1.165) is 11.1 Å². The van der Waals surface area contributed by atoms with Crippen molar-refractivity contribution >= 4 is 23.5 Å². The Hall–Kier alpha value is -2.95. The summed E-state index contributed by atoms with van der Waals surface area (Å²) in [6.45, 7) is 5.98. The number of benzene rings is 2. The van der Waals surface area contributed by atoms with Crippen LogP contribution >= 0.6 is 0 Å². The number of imide groups is 1. The fourth-order valence-corrected chi connectivity index (χ4v) is 2.83. The lowest BCUT2D eigenvalue weighted by Crippen LogP contribution is -2.30. The van der Waals surface area contributed by atoms with Crippen LogP contribution in [0.3, 0.4) is 0 Å². The first-order chi connectivity index (χ1) is 11.9. The van der Waals surface area contributed by atoms with Gasteiger partial charge in [-0.3, -0.25) is 9.59 Å². The van der Waals surface area contributed by atoms with Crippen LogP contribution in [0.25, 0.3) is 0 Å². The predicted molar refractivity (Wildman–Crippen MR) is 94.1 cm³/mol. The SMILES string of the molecule is CCCOC(=O)c1ccc2c(c1)C(=O)N(c1cc(C)ccc1C)C2=O. The number of rotatable bonds is 4. The molecule has 0 aromatic heterocycles. The molecule has 1 aliphatic rings. The number of fused-ring (bicyclic) bond motifs is 1. The number of amides is 2. The summed E-state index contributed by atoms with van der Waals surface area (Å²) in [5.74, 6) is -1.28. The molecule has 2 aromatic carbocycles. The smallest absolute Gasteiger partial charge is 0.338 e. The lowest BCUT2D eigenvalue weighted by molar-refractivity contribution is 0.0505. The van der Waals surface area contributed by atoms with Gasteiger partial charge >= 0.3 is 5.97 Å². The van der Waals surface area contributed by atoms with Crippen molar-refractivity contribution in [2.24, 2.45) is 0 Å². The predicted octanol–water partition coefficient (Wildman–Crippen LogP) is 3.67. The number of hydrogen-bond acceptors (Lipinski definition) is 4. The summed E-state index contributed by atoms with van der Waals surface area (Å²) < 4.78 is 5.10. The fourth-order valence-electron chi connectivity index (χ4n) is 2.83. The molecular weight excluding hydrogens is 318 g/mol. The van der Waals surface area contributed by atoms with Crippen LogP contribution in [0.15, 0.2) is 36.4 Å². The van der Waals surface area contributed by atoms with Crippen molar-refractivity contribution < 1.29 is 19.1 Å². The molecule has 5 nitrogen and oxygen atoms in total. The minimum atomic E-state index is -0.491. The average molecular weight is 337 g/mol. The van der Waals surface area contributed by atoms with Gasteiger partial charge in [-0.2, -0.15) is 0 Å². The van der Waals surface area contributed by atoms with Crippen molar-refractivity contribution in [3.05, 3.63) is 64.2 Å². The second-order valence-corrected chi connectivity index (χ2v) is 6.13. The second-order valence-electron chi connectivity index (χ2n) is 6.13.